The van der Waals surface area contributed by atoms with E-state index in [2.05, 4.69) is 30.4 Å². The summed E-state index contributed by atoms with van der Waals surface area (Å²) in [5.74, 6) is -1.20. The number of hydrogen-bond acceptors (Lipinski definition) is 7. The highest BCUT2D eigenvalue weighted by molar-refractivity contribution is 7.13. The number of likely N-dealkylation sites (N-methyl/N-ethyl adjacent to an activating group) is 1. The summed E-state index contributed by atoms with van der Waals surface area (Å²) < 4.78 is 43.1. The number of nitrogens with one attached hydrogen (secondary N) is 2. The SMILES string of the molecule is Cc1ccc(NC(=O)c2cc3c(c(C(F)(F)F)c2)C(N2CCN(C)CC2)CC3)cc1NC(=O)c1nccc(-c2cccs2)n1. The Morgan fingerprint density at radius 3 is 2.52 bits per heavy atom. The molecule has 2 aliphatic rings. The predicted octanol–water partition coefficient (Wildman–Crippen LogP) is 6.27. The molecule has 2 aromatic heterocycles. The second-order valence-corrected chi connectivity index (χ2v) is 12.1. The molecule has 0 spiro atoms. The van der Waals surface area contributed by atoms with Gasteiger partial charge >= 0.3 is 6.18 Å². The number of carbonyl (C=O) groups excluding carboxylic acids is 2. The van der Waals surface area contributed by atoms with Crippen LogP contribution in [-0.4, -0.2) is 64.8 Å². The number of thiophene rings is 1. The number of anilines is 2. The van der Waals surface area contributed by atoms with Gasteiger partial charge in [-0.25, -0.2) is 9.97 Å². The van der Waals surface area contributed by atoms with Crippen LogP contribution in [0, 0.1) is 6.92 Å². The Kier molecular flexibility index (Phi) is 8.23. The minimum Gasteiger partial charge on any atom is -0.322 e. The van der Waals surface area contributed by atoms with E-state index in [1.54, 1.807) is 37.3 Å². The lowest BCUT2D eigenvalue weighted by Gasteiger charge is -2.37. The van der Waals surface area contributed by atoms with Gasteiger partial charge in [-0.2, -0.15) is 13.2 Å². The first-order valence-electron chi connectivity index (χ1n) is 14.3. The van der Waals surface area contributed by atoms with Gasteiger partial charge in [0.05, 0.1) is 16.1 Å². The first-order chi connectivity index (χ1) is 21.1. The number of amides is 2. The van der Waals surface area contributed by atoms with Crippen LogP contribution in [-0.2, 0) is 12.6 Å². The topological polar surface area (TPSA) is 90.5 Å². The summed E-state index contributed by atoms with van der Waals surface area (Å²) in [6.07, 6.45) is -2.01. The molecule has 1 atom stereocenters. The number of hydrogen-bond donors (Lipinski definition) is 2. The predicted molar refractivity (Wildman–Crippen MR) is 164 cm³/mol. The third kappa shape index (κ3) is 6.23. The molecule has 228 valence electrons. The summed E-state index contributed by atoms with van der Waals surface area (Å²) in [5.41, 5.74) is 2.15. The fourth-order valence-electron chi connectivity index (χ4n) is 5.86. The van der Waals surface area contributed by atoms with Crippen molar-refractivity contribution in [3.63, 3.8) is 0 Å². The molecule has 6 rings (SSSR count). The number of rotatable bonds is 6. The van der Waals surface area contributed by atoms with Gasteiger partial charge in [-0.05, 0) is 85.3 Å². The van der Waals surface area contributed by atoms with Crippen LogP contribution in [0.15, 0.2) is 60.1 Å². The van der Waals surface area contributed by atoms with Crippen molar-refractivity contribution in [3.8, 4) is 10.6 Å². The smallest absolute Gasteiger partial charge is 0.322 e. The number of carbonyl (C=O) groups is 2. The van der Waals surface area contributed by atoms with E-state index >= 15 is 0 Å². The number of nitrogens with zero attached hydrogens (tertiary/aromatic N) is 4. The van der Waals surface area contributed by atoms with Crippen LogP contribution in [0.4, 0.5) is 24.5 Å². The molecule has 1 aliphatic heterocycles. The van der Waals surface area contributed by atoms with Gasteiger partial charge in [0, 0.05) is 55.4 Å². The van der Waals surface area contributed by atoms with E-state index in [4.69, 9.17) is 0 Å². The molecule has 1 saturated heterocycles. The lowest BCUT2D eigenvalue weighted by atomic mass is 9.95. The summed E-state index contributed by atoms with van der Waals surface area (Å²) >= 11 is 1.50. The lowest BCUT2D eigenvalue weighted by Crippen LogP contribution is -2.45. The minimum absolute atomic E-state index is 0.0163. The van der Waals surface area contributed by atoms with E-state index in [0.29, 0.717) is 54.1 Å². The highest BCUT2D eigenvalue weighted by Crippen LogP contribution is 2.45. The maximum Gasteiger partial charge on any atom is 0.416 e. The van der Waals surface area contributed by atoms with Crippen molar-refractivity contribution in [1.82, 2.24) is 19.8 Å². The summed E-state index contributed by atoms with van der Waals surface area (Å²) in [5, 5.41) is 7.41. The number of aromatic nitrogens is 2. The molecule has 0 saturated carbocycles. The number of benzene rings is 2. The van der Waals surface area contributed by atoms with Gasteiger partial charge in [0.15, 0.2) is 0 Å². The fourth-order valence-corrected chi connectivity index (χ4v) is 6.56. The summed E-state index contributed by atoms with van der Waals surface area (Å²) in [6.45, 7) is 4.82. The maximum absolute atomic E-state index is 14.4. The van der Waals surface area contributed by atoms with Crippen LogP contribution in [0.2, 0.25) is 0 Å². The maximum atomic E-state index is 14.4. The van der Waals surface area contributed by atoms with Crippen molar-refractivity contribution >= 4 is 34.5 Å². The highest BCUT2D eigenvalue weighted by atomic mass is 32.1. The largest absolute Gasteiger partial charge is 0.416 e. The molecule has 0 radical (unpaired) electrons. The quantitative estimate of drug-likeness (QED) is 0.264. The number of piperazine rings is 1. The van der Waals surface area contributed by atoms with Gasteiger partial charge in [0.1, 0.15) is 0 Å². The molecule has 1 aliphatic carbocycles. The molecule has 12 heteroatoms. The van der Waals surface area contributed by atoms with Gasteiger partial charge in [0.2, 0.25) is 5.82 Å². The van der Waals surface area contributed by atoms with E-state index in [0.717, 1.165) is 29.6 Å². The van der Waals surface area contributed by atoms with Crippen molar-refractivity contribution in [1.29, 1.82) is 0 Å². The van der Waals surface area contributed by atoms with Crippen LogP contribution in [0.3, 0.4) is 0 Å². The average Bonchev–Trinajstić information content (AvgIpc) is 3.69. The van der Waals surface area contributed by atoms with E-state index in [1.807, 2.05) is 24.6 Å². The fraction of sp³-hybridized carbons (Fsp3) is 0.312. The van der Waals surface area contributed by atoms with Gasteiger partial charge in [-0.1, -0.05) is 12.1 Å². The van der Waals surface area contributed by atoms with Crippen LogP contribution in [0.25, 0.3) is 10.6 Å². The molecule has 4 aromatic rings. The molecule has 0 bridgehead atoms. The molecule has 1 fully saturated rings. The van der Waals surface area contributed by atoms with Crippen LogP contribution in [0.5, 0.6) is 0 Å². The minimum atomic E-state index is -4.60. The Hall–Kier alpha value is -4.13. The van der Waals surface area contributed by atoms with Gasteiger partial charge < -0.3 is 15.5 Å². The van der Waals surface area contributed by atoms with E-state index in [-0.39, 0.29) is 17.4 Å². The molecule has 8 nitrogen and oxygen atoms in total. The van der Waals surface area contributed by atoms with Crippen molar-refractivity contribution < 1.29 is 22.8 Å². The van der Waals surface area contributed by atoms with E-state index in [1.165, 1.54) is 17.5 Å². The summed E-state index contributed by atoms with van der Waals surface area (Å²) in [6, 6.07) is 12.7. The van der Waals surface area contributed by atoms with E-state index < -0.39 is 23.6 Å². The zero-order valence-corrected chi connectivity index (χ0v) is 25.1. The Morgan fingerprint density at radius 1 is 1.00 bits per heavy atom. The first-order valence-corrected chi connectivity index (χ1v) is 15.2. The number of fused-ring (bicyclic) bond motifs is 1. The normalized spacial score (nSPS) is 17.3. The monoisotopic (exact) mass is 620 g/mol. The molecule has 44 heavy (non-hydrogen) atoms. The average molecular weight is 621 g/mol. The van der Waals surface area contributed by atoms with Gasteiger partial charge in [0.25, 0.3) is 11.8 Å². The van der Waals surface area contributed by atoms with Crippen molar-refractivity contribution in [3.05, 3.63) is 93.7 Å². The zero-order valence-electron chi connectivity index (χ0n) is 24.2. The molecular formula is C32H31F3N6O2S. The molecule has 2 N–H and O–H groups in total. The number of halogens is 3. The van der Waals surface area contributed by atoms with Crippen LogP contribution in [0.1, 0.15) is 55.7 Å². The number of alkyl halides is 3. The summed E-state index contributed by atoms with van der Waals surface area (Å²) in [7, 11) is 2.01. The molecule has 2 aromatic carbocycles. The third-order valence-corrected chi connectivity index (χ3v) is 9.10. The van der Waals surface area contributed by atoms with Crippen LogP contribution < -0.4 is 10.6 Å². The second kappa shape index (κ2) is 12.1. The Morgan fingerprint density at radius 2 is 1.80 bits per heavy atom. The third-order valence-electron chi connectivity index (χ3n) is 8.21. The van der Waals surface area contributed by atoms with Crippen molar-refractivity contribution in [2.75, 3.05) is 43.9 Å². The van der Waals surface area contributed by atoms with E-state index in [9.17, 15) is 22.8 Å². The molecule has 1 unspecified atom stereocenters. The second-order valence-electron chi connectivity index (χ2n) is 11.2. The standard InChI is InChI=1S/C32H31F3N6O2S/c1-19-5-7-22(18-25(19)39-31(43)29-36-10-9-24(38-29)27-4-3-15-44-27)37-30(42)21-16-20-6-8-26(41-13-11-40(2)12-14-41)28(20)23(17-21)32(33,34)35/h3-5,7,9-10,15-18,26H,6,8,11-14H2,1-2H3,(H,37,42)(H,39,43). The zero-order chi connectivity index (χ0) is 31.0. The van der Waals surface area contributed by atoms with Crippen LogP contribution >= 0.6 is 11.3 Å². The first kappa shape index (κ1) is 29.9. The molecule has 3 heterocycles. The summed E-state index contributed by atoms with van der Waals surface area (Å²) in [4.78, 5) is 40.0. The molecular weight excluding hydrogens is 589 g/mol. The lowest BCUT2D eigenvalue weighted by molar-refractivity contribution is -0.138. The molecule has 2 amide bonds. The van der Waals surface area contributed by atoms with Gasteiger partial charge in [-0.3, -0.25) is 14.5 Å². The Bertz CT molecular complexity index is 1700. The highest BCUT2D eigenvalue weighted by Gasteiger charge is 2.41. The Balaban J connectivity index is 1.21. The van der Waals surface area contributed by atoms with Crippen molar-refractivity contribution in [2.45, 2.75) is 32.0 Å². The number of aryl methyl sites for hydroxylation is 2. The van der Waals surface area contributed by atoms with Gasteiger partial charge in [-0.15, -0.1) is 11.3 Å². The Labute approximate surface area is 256 Å². The van der Waals surface area contributed by atoms with Crippen molar-refractivity contribution in [2.24, 2.45) is 0 Å².